The third-order valence-corrected chi connectivity index (χ3v) is 4.78. The van der Waals surface area contributed by atoms with Crippen LogP contribution in [-0.4, -0.2) is 29.9 Å². The summed E-state index contributed by atoms with van der Waals surface area (Å²) in [7, 11) is 0. The van der Waals surface area contributed by atoms with Crippen LogP contribution in [0.3, 0.4) is 0 Å². The molecule has 0 unspecified atom stereocenters. The first-order valence-electron chi connectivity index (χ1n) is 6.14. The summed E-state index contributed by atoms with van der Waals surface area (Å²) in [5.74, 6) is -0.0852. The standard InChI is InChI=1S/C13H9N5OS3/c1-8-13(11(19)4-2-9-6-20-17-15-9)22-12(14-8)5-3-10-7-21-18-16-10/h2-7H,1H3/b4-2+,5-3+. The quantitative estimate of drug-likeness (QED) is 0.521. The molecule has 110 valence electrons. The van der Waals surface area contributed by atoms with Gasteiger partial charge in [0.1, 0.15) is 5.01 Å². The van der Waals surface area contributed by atoms with Gasteiger partial charge in [0.15, 0.2) is 5.78 Å². The number of hydrogen-bond acceptors (Lipinski definition) is 9. The summed E-state index contributed by atoms with van der Waals surface area (Å²) < 4.78 is 7.53. The first kappa shape index (κ1) is 14.8. The summed E-state index contributed by atoms with van der Waals surface area (Å²) in [6.07, 6.45) is 6.81. The average Bonchev–Trinajstić information content (AvgIpc) is 3.24. The minimum atomic E-state index is -0.0852. The van der Waals surface area contributed by atoms with Crippen molar-refractivity contribution in [3.8, 4) is 0 Å². The second-order valence-corrected chi connectivity index (χ2v) is 6.41. The molecule has 0 aliphatic rings. The SMILES string of the molecule is Cc1nc(/C=C/c2csnn2)sc1C(=O)/C=C/c1csnn1. The predicted octanol–water partition coefficient (Wildman–Crippen LogP) is 3.22. The van der Waals surface area contributed by atoms with Gasteiger partial charge in [0, 0.05) is 10.8 Å². The molecule has 0 radical (unpaired) electrons. The van der Waals surface area contributed by atoms with E-state index >= 15 is 0 Å². The fraction of sp³-hybridized carbons (Fsp3) is 0.0769. The minimum Gasteiger partial charge on any atom is -0.288 e. The Morgan fingerprint density at radius 3 is 2.36 bits per heavy atom. The molecule has 0 aromatic carbocycles. The van der Waals surface area contributed by atoms with Crippen molar-refractivity contribution in [1.29, 1.82) is 0 Å². The molecule has 0 amide bonds. The lowest BCUT2D eigenvalue weighted by molar-refractivity contribution is 0.105. The van der Waals surface area contributed by atoms with Crippen LogP contribution in [0, 0.1) is 6.92 Å². The Kier molecular flexibility index (Phi) is 4.56. The van der Waals surface area contributed by atoms with E-state index in [1.807, 2.05) is 24.5 Å². The Bertz CT molecular complexity index is 818. The Labute approximate surface area is 138 Å². The van der Waals surface area contributed by atoms with E-state index in [0.717, 1.165) is 10.7 Å². The number of carbonyl (C=O) groups excluding carboxylic acids is 1. The van der Waals surface area contributed by atoms with Crippen molar-refractivity contribution in [3.05, 3.63) is 43.8 Å². The highest BCUT2D eigenvalue weighted by Gasteiger charge is 2.12. The molecule has 0 N–H and O–H groups in total. The number of rotatable bonds is 5. The molecule has 3 aromatic heterocycles. The number of aryl methyl sites for hydroxylation is 1. The van der Waals surface area contributed by atoms with Crippen LogP contribution in [0.25, 0.3) is 18.2 Å². The van der Waals surface area contributed by atoms with Crippen molar-refractivity contribution in [2.75, 3.05) is 0 Å². The zero-order valence-electron chi connectivity index (χ0n) is 11.3. The molecule has 22 heavy (non-hydrogen) atoms. The number of allylic oxidation sites excluding steroid dienone is 1. The second kappa shape index (κ2) is 6.77. The molecule has 0 aliphatic heterocycles. The lowest BCUT2D eigenvalue weighted by Crippen LogP contribution is -1.93. The van der Waals surface area contributed by atoms with Crippen LogP contribution in [0.5, 0.6) is 0 Å². The largest absolute Gasteiger partial charge is 0.288 e. The molecule has 0 atom stereocenters. The van der Waals surface area contributed by atoms with E-state index in [2.05, 4.69) is 24.2 Å². The lowest BCUT2D eigenvalue weighted by Gasteiger charge is -1.89. The summed E-state index contributed by atoms with van der Waals surface area (Å²) in [5.41, 5.74) is 2.17. The van der Waals surface area contributed by atoms with Gasteiger partial charge in [0.05, 0.1) is 22.0 Å². The monoisotopic (exact) mass is 347 g/mol. The Morgan fingerprint density at radius 1 is 1.05 bits per heavy atom. The van der Waals surface area contributed by atoms with E-state index in [1.54, 1.807) is 11.5 Å². The third-order valence-electron chi connectivity index (χ3n) is 2.59. The average molecular weight is 347 g/mol. The van der Waals surface area contributed by atoms with Gasteiger partial charge in [-0.3, -0.25) is 4.79 Å². The Balaban J connectivity index is 1.75. The van der Waals surface area contributed by atoms with Gasteiger partial charge in [-0.15, -0.1) is 21.5 Å². The fourth-order valence-corrected chi connectivity index (χ4v) is 3.33. The smallest absolute Gasteiger partial charge is 0.197 e. The van der Waals surface area contributed by atoms with Crippen LogP contribution >= 0.6 is 34.4 Å². The molecule has 9 heteroatoms. The van der Waals surface area contributed by atoms with Gasteiger partial charge >= 0.3 is 0 Å². The molecule has 3 aromatic rings. The molecular formula is C13H9N5OS3. The number of aromatic nitrogens is 5. The highest BCUT2D eigenvalue weighted by molar-refractivity contribution is 7.14. The lowest BCUT2D eigenvalue weighted by atomic mass is 10.2. The van der Waals surface area contributed by atoms with Crippen molar-refractivity contribution in [1.82, 2.24) is 24.2 Å². The first-order valence-corrected chi connectivity index (χ1v) is 8.63. The summed E-state index contributed by atoms with van der Waals surface area (Å²) in [5, 5.41) is 12.2. The molecule has 6 nitrogen and oxygen atoms in total. The molecule has 0 saturated carbocycles. The number of nitrogens with zero attached hydrogens (tertiary/aromatic N) is 5. The van der Waals surface area contributed by atoms with E-state index in [-0.39, 0.29) is 5.78 Å². The van der Waals surface area contributed by atoms with Crippen molar-refractivity contribution >= 4 is 58.4 Å². The summed E-state index contributed by atoms with van der Waals surface area (Å²) in [6, 6.07) is 0. The second-order valence-electron chi connectivity index (χ2n) is 4.16. The highest BCUT2D eigenvalue weighted by atomic mass is 32.1. The zero-order chi connectivity index (χ0) is 15.4. The van der Waals surface area contributed by atoms with Crippen LogP contribution in [0.1, 0.15) is 31.8 Å². The molecule has 0 saturated heterocycles. The number of carbonyl (C=O) groups is 1. The summed E-state index contributed by atoms with van der Waals surface area (Å²) in [4.78, 5) is 17.2. The summed E-state index contributed by atoms with van der Waals surface area (Å²) >= 11 is 3.89. The van der Waals surface area contributed by atoms with E-state index in [4.69, 9.17) is 0 Å². The number of ketones is 1. The van der Waals surface area contributed by atoms with Gasteiger partial charge in [-0.05, 0) is 54.3 Å². The normalized spacial score (nSPS) is 11.7. The van der Waals surface area contributed by atoms with E-state index in [0.29, 0.717) is 16.3 Å². The maximum Gasteiger partial charge on any atom is 0.197 e. The maximum atomic E-state index is 12.2. The van der Waals surface area contributed by atoms with Gasteiger partial charge in [-0.1, -0.05) is 8.98 Å². The predicted molar refractivity (Wildman–Crippen MR) is 89.0 cm³/mol. The van der Waals surface area contributed by atoms with E-state index in [1.165, 1.54) is 40.5 Å². The van der Waals surface area contributed by atoms with Crippen molar-refractivity contribution in [2.45, 2.75) is 6.92 Å². The van der Waals surface area contributed by atoms with E-state index < -0.39 is 0 Å². The van der Waals surface area contributed by atoms with Gasteiger partial charge in [-0.25, -0.2) is 4.98 Å². The number of thiazole rings is 1. The van der Waals surface area contributed by atoms with Crippen LogP contribution in [0.4, 0.5) is 0 Å². The summed E-state index contributed by atoms with van der Waals surface area (Å²) in [6.45, 7) is 1.82. The zero-order valence-corrected chi connectivity index (χ0v) is 13.8. The molecule has 0 aliphatic carbocycles. The Morgan fingerprint density at radius 2 is 1.73 bits per heavy atom. The molecular weight excluding hydrogens is 338 g/mol. The van der Waals surface area contributed by atoms with Crippen molar-refractivity contribution in [3.63, 3.8) is 0 Å². The molecule has 0 spiro atoms. The van der Waals surface area contributed by atoms with Crippen molar-refractivity contribution in [2.24, 2.45) is 0 Å². The van der Waals surface area contributed by atoms with Crippen LogP contribution in [0.15, 0.2) is 16.8 Å². The molecule has 0 bridgehead atoms. The minimum absolute atomic E-state index is 0.0852. The van der Waals surface area contributed by atoms with Gasteiger partial charge in [-0.2, -0.15) is 0 Å². The third kappa shape index (κ3) is 3.56. The van der Waals surface area contributed by atoms with Gasteiger partial charge in [0.2, 0.25) is 0 Å². The number of hydrogen-bond donors (Lipinski definition) is 0. The van der Waals surface area contributed by atoms with Gasteiger partial charge < -0.3 is 0 Å². The first-order chi connectivity index (χ1) is 10.7. The van der Waals surface area contributed by atoms with Crippen LogP contribution in [0.2, 0.25) is 0 Å². The molecule has 3 rings (SSSR count). The van der Waals surface area contributed by atoms with Crippen LogP contribution in [-0.2, 0) is 0 Å². The van der Waals surface area contributed by atoms with Gasteiger partial charge in [0.25, 0.3) is 0 Å². The van der Waals surface area contributed by atoms with E-state index in [9.17, 15) is 4.79 Å². The van der Waals surface area contributed by atoms with Crippen LogP contribution < -0.4 is 0 Å². The highest BCUT2D eigenvalue weighted by Crippen LogP contribution is 2.21. The maximum absolute atomic E-state index is 12.2. The molecule has 0 fully saturated rings. The molecule has 3 heterocycles. The topological polar surface area (TPSA) is 81.5 Å². The Hall–Kier alpha value is -2.10. The fourth-order valence-electron chi connectivity index (χ4n) is 1.60. The van der Waals surface area contributed by atoms with Crippen molar-refractivity contribution < 1.29 is 4.79 Å².